The van der Waals surface area contributed by atoms with Gasteiger partial charge in [0.2, 0.25) is 0 Å². The van der Waals surface area contributed by atoms with Gasteiger partial charge in [-0.1, -0.05) is 13.0 Å². The highest BCUT2D eigenvalue weighted by Gasteiger charge is 2.17. The first-order valence-electron chi connectivity index (χ1n) is 5.14. The van der Waals surface area contributed by atoms with Crippen molar-refractivity contribution in [1.82, 2.24) is 0 Å². The van der Waals surface area contributed by atoms with Crippen molar-refractivity contribution in [3.63, 3.8) is 0 Å². The van der Waals surface area contributed by atoms with E-state index >= 15 is 0 Å². The number of rotatable bonds is 5. The van der Waals surface area contributed by atoms with Crippen LogP contribution in [0.2, 0.25) is 0 Å². The van der Waals surface area contributed by atoms with Gasteiger partial charge in [0.15, 0.2) is 0 Å². The quantitative estimate of drug-likeness (QED) is 0.453. The second-order valence-corrected chi connectivity index (χ2v) is 3.90. The van der Waals surface area contributed by atoms with Gasteiger partial charge >= 0.3 is 0 Å². The Morgan fingerprint density at radius 1 is 1.50 bits per heavy atom. The Balaban J connectivity index is 3.12. The summed E-state index contributed by atoms with van der Waals surface area (Å²) in [6.45, 7) is 2.83. The lowest BCUT2D eigenvalue weighted by Gasteiger charge is -2.18. The van der Waals surface area contributed by atoms with Gasteiger partial charge in [0.25, 0.3) is 5.69 Å². The van der Waals surface area contributed by atoms with E-state index in [1.54, 1.807) is 6.07 Å². The molecule has 5 heteroatoms. The van der Waals surface area contributed by atoms with Gasteiger partial charge in [0, 0.05) is 25.5 Å². The number of nitro benzene ring substituents is 1. The van der Waals surface area contributed by atoms with Crippen LogP contribution in [0.4, 0.5) is 11.4 Å². The van der Waals surface area contributed by atoms with Gasteiger partial charge in [-0.05, 0) is 18.1 Å². The van der Waals surface area contributed by atoms with Crippen molar-refractivity contribution >= 4 is 23.0 Å². The third-order valence-electron chi connectivity index (χ3n) is 2.36. The van der Waals surface area contributed by atoms with Crippen molar-refractivity contribution in [1.29, 1.82) is 0 Å². The fourth-order valence-corrected chi connectivity index (χ4v) is 1.74. The Morgan fingerprint density at radius 3 is 2.69 bits per heavy atom. The summed E-state index contributed by atoms with van der Waals surface area (Å²) < 4.78 is 0. The van der Waals surface area contributed by atoms with Crippen LogP contribution in [0.5, 0.6) is 0 Å². The Morgan fingerprint density at radius 2 is 2.19 bits per heavy atom. The summed E-state index contributed by atoms with van der Waals surface area (Å²) in [5.41, 5.74) is 1.52. The van der Waals surface area contributed by atoms with E-state index in [4.69, 9.17) is 11.6 Å². The fraction of sp³-hybridized carbons (Fsp3) is 0.455. The van der Waals surface area contributed by atoms with Crippen LogP contribution < -0.4 is 4.90 Å². The number of alkyl halides is 1. The van der Waals surface area contributed by atoms with Gasteiger partial charge in [-0.2, -0.15) is 0 Å². The third-order valence-corrected chi connectivity index (χ3v) is 2.67. The van der Waals surface area contributed by atoms with Crippen LogP contribution in [0.15, 0.2) is 18.2 Å². The van der Waals surface area contributed by atoms with E-state index in [-0.39, 0.29) is 10.6 Å². The lowest BCUT2D eigenvalue weighted by Crippen LogP contribution is -2.19. The van der Waals surface area contributed by atoms with E-state index in [1.165, 1.54) is 6.07 Å². The van der Waals surface area contributed by atoms with E-state index in [0.717, 1.165) is 18.5 Å². The van der Waals surface area contributed by atoms with Crippen LogP contribution in [0.25, 0.3) is 0 Å². The van der Waals surface area contributed by atoms with Crippen LogP contribution in [-0.4, -0.2) is 18.5 Å². The number of benzene rings is 1. The Bertz CT molecular complexity index is 382. The smallest absolute Gasteiger partial charge is 0.292 e. The molecule has 0 spiro atoms. The molecule has 4 nitrogen and oxygen atoms in total. The standard InChI is InChI=1S/C11H15ClN2O2/c1-3-6-13(2)10-5-4-9(8-12)7-11(10)14(15)16/h4-5,7H,3,6,8H2,1-2H3. The van der Waals surface area contributed by atoms with Gasteiger partial charge in [-0.15, -0.1) is 11.6 Å². The first-order chi connectivity index (χ1) is 7.60. The zero-order chi connectivity index (χ0) is 12.1. The highest BCUT2D eigenvalue weighted by atomic mass is 35.5. The predicted molar refractivity (Wildman–Crippen MR) is 66.2 cm³/mol. The van der Waals surface area contributed by atoms with Crippen LogP contribution in [0.1, 0.15) is 18.9 Å². The maximum atomic E-state index is 10.9. The van der Waals surface area contributed by atoms with Crippen molar-refractivity contribution in [2.75, 3.05) is 18.5 Å². The molecule has 1 rings (SSSR count). The molecule has 0 unspecified atom stereocenters. The molecule has 0 aliphatic heterocycles. The molecule has 0 aromatic heterocycles. The summed E-state index contributed by atoms with van der Waals surface area (Å²) in [6.07, 6.45) is 0.949. The minimum absolute atomic E-state index is 0.120. The summed E-state index contributed by atoms with van der Waals surface area (Å²) in [6, 6.07) is 5.11. The third kappa shape index (κ3) is 2.85. The molecule has 0 aliphatic carbocycles. The molecule has 0 amide bonds. The Kier molecular flexibility index (Phi) is 4.55. The molecule has 0 radical (unpaired) electrons. The summed E-state index contributed by atoms with van der Waals surface area (Å²) in [7, 11) is 1.85. The maximum Gasteiger partial charge on any atom is 0.292 e. The molecule has 16 heavy (non-hydrogen) atoms. The van der Waals surface area contributed by atoms with Crippen LogP contribution in [0.3, 0.4) is 0 Å². The largest absolute Gasteiger partial charge is 0.369 e. The number of nitro groups is 1. The monoisotopic (exact) mass is 242 g/mol. The predicted octanol–water partition coefficient (Wildman–Crippen LogP) is 3.18. The normalized spacial score (nSPS) is 10.2. The minimum atomic E-state index is -0.364. The van der Waals surface area contributed by atoms with E-state index in [1.807, 2.05) is 24.9 Å². The SMILES string of the molecule is CCCN(C)c1ccc(CCl)cc1[N+](=O)[O-]. The van der Waals surface area contributed by atoms with Gasteiger partial charge in [0.05, 0.1) is 4.92 Å². The second kappa shape index (κ2) is 5.70. The first kappa shape index (κ1) is 12.8. The number of hydrogen-bond acceptors (Lipinski definition) is 3. The molecule has 88 valence electrons. The minimum Gasteiger partial charge on any atom is -0.369 e. The summed E-state index contributed by atoms with van der Waals surface area (Å²) in [5.74, 6) is 0.290. The van der Waals surface area contributed by atoms with Crippen molar-refractivity contribution < 1.29 is 4.92 Å². The zero-order valence-corrected chi connectivity index (χ0v) is 10.2. The van der Waals surface area contributed by atoms with Crippen LogP contribution >= 0.6 is 11.6 Å². The summed E-state index contributed by atoms with van der Waals surface area (Å²) in [4.78, 5) is 12.5. The molecule has 0 fully saturated rings. The van der Waals surface area contributed by atoms with E-state index in [9.17, 15) is 10.1 Å². The average molecular weight is 243 g/mol. The van der Waals surface area contributed by atoms with Gasteiger partial charge < -0.3 is 4.90 Å². The molecule has 0 atom stereocenters. The molecule has 0 N–H and O–H groups in total. The molecule has 1 aromatic carbocycles. The fourth-order valence-electron chi connectivity index (χ4n) is 1.58. The van der Waals surface area contributed by atoms with Gasteiger partial charge in [0.1, 0.15) is 5.69 Å². The number of hydrogen-bond donors (Lipinski definition) is 0. The summed E-state index contributed by atoms with van der Waals surface area (Å²) >= 11 is 5.66. The number of halogens is 1. The van der Waals surface area contributed by atoms with Crippen LogP contribution in [0, 0.1) is 10.1 Å². The number of anilines is 1. The maximum absolute atomic E-state index is 10.9. The van der Waals surface area contributed by atoms with E-state index < -0.39 is 0 Å². The first-order valence-corrected chi connectivity index (χ1v) is 5.68. The highest BCUT2D eigenvalue weighted by molar-refractivity contribution is 6.17. The van der Waals surface area contributed by atoms with Crippen molar-refractivity contribution in [3.8, 4) is 0 Å². The van der Waals surface area contributed by atoms with E-state index in [2.05, 4.69) is 0 Å². The lowest BCUT2D eigenvalue weighted by atomic mass is 10.2. The Hall–Kier alpha value is -1.29. The van der Waals surface area contributed by atoms with Gasteiger partial charge in [-0.3, -0.25) is 10.1 Å². The van der Waals surface area contributed by atoms with E-state index in [0.29, 0.717) is 11.6 Å². The van der Waals surface area contributed by atoms with Crippen molar-refractivity contribution in [3.05, 3.63) is 33.9 Å². The molecule has 0 aliphatic rings. The molecule has 0 saturated carbocycles. The van der Waals surface area contributed by atoms with Crippen molar-refractivity contribution in [2.45, 2.75) is 19.2 Å². The highest BCUT2D eigenvalue weighted by Crippen LogP contribution is 2.29. The molecule has 0 heterocycles. The molecular weight excluding hydrogens is 228 g/mol. The average Bonchev–Trinajstić information content (AvgIpc) is 2.28. The zero-order valence-electron chi connectivity index (χ0n) is 9.44. The van der Waals surface area contributed by atoms with Crippen LogP contribution in [-0.2, 0) is 5.88 Å². The molecule has 1 aromatic rings. The molecule has 0 saturated heterocycles. The summed E-state index contributed by atoms with van der Waals surface area (Å²) in [5, 5.41) is 10.9. The lowest BCUT2D eigenvalue weighted by molar-refractivity contribution is -0.384. The molecule has 0 bridgehead atoms. The molecular formula is C11H15ClN2O2. The topological polar surface area (TPSA) is 46.4 Å². The number of nitrogens with zero attached hydrogens (tertiary/aromatic N) is 2. The second-order valence-electron chi connectivity index (χ2n) is 3.64. The Labute approximate surface area is 100.0 Å². The van der Waals surface area contributed by atoms with Gasteiger partial charge in [-0.25, -0.2) is 0 Å². The van der Waals surface area contributed by atoms with Crippen molar-refractivity contribution in [2.24, 2.45) is 0 Å².